The summed E-state index contributed by atoms with van der Waals surface area (Å²) in [4.78, 5) is 25.3. The van der Waals surface area contributed by atoms with E-state index in [9.17, 15) is 9.59 Å². The van der Waals surface area contributed by atoms with E-state index in [1.54, 1.807) is 18.0 Å². The van der Waals surface area contributed by atoms with Gasteiger partial charge in [0.2, 0.25) is 0 Å². The maximum atomic E-state index is 12.5. The van der Waals surface area contributed by atoms with Gasteiger partial charge >= 0.3 is 5.97 Å². The molecule has 2 atom stereocenters. The molecule has 3 heterocycles. The molecule has 104 valence electrons. The number of carboxylic acids is 1. The van der Waals surface area contributed by atoms with Crippen LogP contribution < -0.4 is 0 Å². The van der Waals surface area contributed by atoms with E-state index in [1.165, 1.54) is 0 Å². The Hall–Kier alpha value is -2.30. The maximum absolute atomic E-state index is 12.5. The van der Waals surface area contributed by atoms with Crippen molar-refractivity contribution in [2.45, 2.75) is 19.4 Å². The Balaban J connectivity index is 1.87. The number of carbonyl (C=O) groups excluding carboxylic acids is 1. The highest BCUT2D eigenvalue weighted by Gasteiger charge is 2.38. The first-order valence-corrected chi connectivity index (χ1v) is 6.68. The van der Waals surface area contributed by atoms with Crippen LogP contribution in [0.5, 0.6) is 0 Å². The fraction of sp³-hybridized carbons (Fsp3) is 0.333. The van der Waals surface area contributed by atoms with Crippen LogP contribution in [0.4, 0.5) is 0 Å². The number of carbonyl (C=O) groups is 2. The summed E-state index contributed by atoms with van der Waals surface area (Å²) in [6, 6.07) is 7.33. The van der Waals surface area contributed by atoms with E-state index >= 15 is 0 Å². The maximum Gasteiger partial charge on any atom is 0.308 e. The molecule has 0 saturated carbocycles. The van der Waals surface area contributed by atoms with E-state index in [2.05, 4.69) is 0 Å². The van der Waals surface area contributed by atoms with Gasteiger partial charge in [0.05, 0.1) is 11.5 Å². The molecule has 1 fully saturated rings. The lowest BCUT2D eigenvalue weighted by molar-refractivity contribution is -0.142. The summed E-state index contributed by atoms with van der Waals surface area (Å²) in [7, 11) is 0. The summed E-state index contributed by atoms with van der Waals surface area (Å²) in [5.74, 6) is -1.38. The third kappa shape index (κ3) is 1.95. The van der Waals surface area contributed by atoms with E-state index in [0.29, 0.717) is 18.5 Å². The van der Waals surface area contributed by atoms with Crippen LogP contribution in [0.1, 0.15) is 23.7 Å². The van der Waals surface area contributed by atoms with E-state index < -0.39 is 11.9 Å². The first-order chi connectivity index (χ1) is 9.58. The van der Waals surface area contributed by atoms with Gasteiger partial charge in [-0.05, 0) is 31.5 Å². The summed E-state index contributed by atoms with van der Waals surface area (Å²) in [6.45, 7) is 2.31. The third-order valence-electron chi connectivity index (χ3n) is 4.08. The normalized spacial score (nSPS) is 22.4. The predicted molar refractivity (Wildman–Crippen MR) is 73.6 cm³/mol. The summed E-state index contributed by atoms with van der Waals surface area (Å²) in [5, 5.41) is 9.13. The molecule has 1 N–H and O–H groups in total. The molecule has 1 saturated heterocycles. The van der Waals surface area contributed by atoms with Crippen LogP contribution in [-0.2, 0) is 4.79 Å². The minimum absolute atomic E-state index is 0.0926. The van der Waals surface area contributed by atoms with E-state index in [4.69, 9.17) is 5.11 Å². The van der Waals surface area contributed by atoms with Gasteiger partial charge in [-0.25, -0.2) is 0 Å². The van der Waals surface area contributed by atoms with E-state index in [1.807, 2.05) is 34.9 Å². The van der Waals surface area contributed by atoms with E-state index in [-0.39, 0.29) is 11.9 Å². The second-order valence-corrected chi connectivity index (χ2v) is 5.23. The largest absolute Gasteiger partial charge is 0.481 e. The van der Waals surface area contributed by atoms with Crippen molar-refractivity contribution in [3.63, 3.8) is 0 Å². The second-order valence-electron chi connectivity index (χ2n) is 5.23. The minimum Gasteiger partial charge on any atom is -0.481 e. The Morgan fingerprint density at radius 1 is 1.35 bits per heavy atom. The second kappa shape index (κ2) is 4.67. The zero-order chi connectivity index (χ0) is 14.3. The average molecular weight is 272 g/mol. The van der Waals surface area contributed by atoms with Gasteiger partial charge in [-0.2, -0.15) is 0 Å². The Kier molecular flexibility index (Phi) is 2.97. The first-order valence-electron chi connectivity index (χ1n) is 6.68. The highest BCUT2D eigenvalue weighted by atomic mass is 16.4. The lowest BCUT2D eigenvalue weighted by Gasteiger charge is -2.22. The number of likely N-dealkylation sites (tertiary alicyclic amines) is 1. The Labute approximate surface area is 116 Å². The predicted octanol–water partition coefficient (Wildman–Crippen LogP) is 1.87. The molecule has 5 heteroatoms. The number of aliphatic carboxylic acids is 1. The number of fused-ring (bicyclic) bond motifs is 1. The first kappa shape index (κ1) is 12.7. The molecular weight excluding hydrogens is 256 g/mol. The Bertz CT molecular complexity index is 644. The molecule has 5 nitrogen and oxygen atoms in total. The van der Waals surface area contributed by atoms with Crippen molar-refractivity contribution in [1.82, 2.24) is 9.30 Å². The molecule has 1 amide bonds. The molecule has 0 spiro atoms. The molecule has 1 aliphatic rings. The number of hydrogen-bond acceptors (Lipinski definition) is 2. The summed E-state index contributed by atoms with van der Waals surface area (Å²) < 4.78 is 1.89. The monoisotopic (exact) mass is 272 g/mol. The lowest BCUT2D eigenvalue weighted by Crippen LogP contribution is -2.37. The molecule has 0 radical (unpaired) electrons. The van der Waals surface area contributed by atoms with Crippen LogP contribution >= 0.6 is 0 Å². The van der Waals surface area contributed by atoms with Gasteiger partial charge in [0.15, 0.2) is 0 Å². The highest BCUT2D eigenvalue weighted by Crippen LogP contribution is 2.26. The third-order valence-corrected chi connectivity index (χ3v) is 4.08. The van der Waals surface area contributed by atoms with Crippen molar-refractivity contribution >= 4 is 17.4 Å². The van der Waals surface area contributed by atoms with Crippen molar-refractivity contribution in [3.8, 4) is 0 Å². The summed E-state index contributed by atoms with van der Waals surface area (Å²) >= 11 is 0. The standard InChI is InChI=1S/C15H16N2O3/c1-10-13(15(19)20)5-7-17(10)14(18)11-8-12-4-2-3-6-16(12)9-11/h2-4,6,8-10,13H,5,7H2,1H3,(H,19,20). The average Bonchev–Trinajstić information content (AvgIpc) is 3.01. The molecule has 0 aromatic carbocycles. The molecule has 3 rings (SSSR count). The number of carboxylic acid groups (broad SMARTS) is 1. The van der Waals surface area contributed by atoms with Gasteiger partial charge < -0.3 is 14.4 Å². The quantitative estimate of drug-likeness (QED) is 0.908. The van der Waals surface area contributed by atoms with Gasteiger partial charge in [0, 0.05) is 30.5 Å². The zero-order valence-corrected chi connectivity index (χ0v) is 11.2. The summed E-state index contributed by atoms with van der Waals surface area (Å²) in [6.07, 6.45) is 4.20. The lowest BCUT2D eigenvalue weighted by atomic mass is 10.0. The van der Waals surface area contributed by atoms with Crippen molar-refractivity contribution in [1.29, 1.82) is 0 Å². The molecule has 1 aliphatic heterocycles. The van der Waals surface area contributed by atoms with Crippen molar-refractivity contribution in [3.05, 3.63) is 42.2 Å². The van der Waals surface area contributed by atoms with Crippen LogP contribution in [0.15, 0.2) is 36.7 Å². The van der Waals surface area contributed by atoms with Crippen molar-refractivity contribution < 1.29 is 14.7 Å². The molecule has 2 aromatic rings. The molecular formula is C15H16N2O3. The minimum atomic E-state index is -0.824. The SMILES string of the molecule is CC1C(C(=O)O)CCN1C(=O)c1cc2ccccn2c1. The van der Waals surface area contributed by atoms with Crippen LogP contribution in [0.25, 0.3) is 5.52 Å². The van der Waals surface area contributed by atoms with Gasteiger partial charge in [-0.3, -0.25) is 9.59 Å². The molecule has 0 bridgehead atoms. The summed E-state index contributed by atoms with van der Waals surface area (Å²) in [5.41, 5.74) is 1.56. The van der Waals surface area contributed by atoms with Gasteiger partial charge in [-0.15, -0.1) is 0 Å². The topological polar surface area (TPSA) is 62.0 Å². The van der Waals surface area contributed by atoms with Gasteiger partial charge in [-0.1, -0.05) is 6.07 Å². The fourth-order valence-corrected chi connectivity index (χ4v) is 2.89. The molecule has 0 aliphatic carbocycles. The number of nitrogens with zero attached hydrogens (tertiary/aromatic N) is 2. The number of hydrogen-bond donors (Lipinski definition) is 1. The Morgan fingerprint density at radius 3 is 2.80 bits per heavy atom. The van der Waals surface area contributed by atoms with Gasteiger partial charge in [0.25, 0.3) is 5.91 Å². The fourth-order valence-electron chi connectivity index (χ4n) is 2.89. The number of amides is 1. The van der Waals surface area contributed by atoms with Crippen molar-refractivity contribution in [2.24, 2.45) is 5.92 Å². The van der Waals surface area contributed by atoms with Crippen molar-refractivity contribution in [2.75, 3.05) is 6.54 Å². The van der Waals surface area contributed by atoms with Crippen LogP contribution in [0.2, 0.25) is 0 Å². The zero-order valence-electron chi connectivity index (χ0n) is 11.2. The number of pyridine rings is 1. The number of rotatable bonds is 2. The van der Waals surface area contributed by atoms with Gasteiger partial charge in [0.1, 0.15) is 0 Å². The Morgan fingerprint density at radius 2 is 2.15 bits per heavy atom. The molecule has 20 heavy (non-hydrogen) atoms. The van der Waals surface area contributed by atoms with Crippen LogP contribution in [0, 0.1) is 5.92 Å². The van der Waals surface area contributed by atoms with E-state index in [0.717, 1.165) is 5.52 Å². The highest BCUT2D eigenvalue weighted by molar-refractivity contribution is 5.96. The molecule has 2 aromatic heterocycles. The smallest absolute Gasteiger partial charge is 0.308 e. The number of aromatic nitrogens is 1. The molecule has 2 unspecified atom stereocenters. The van der Waals surface area contributed by atoms with Crippen LogP contribution in [-0.4, -0.2) is 38.9 Å². The van der Waals surface area contributed by atoms with Crippen LogP contribution in [0.3, 0.4) is 0 Å².